The highest BCUT2D eigenvalue weighted by Crippen LogP contribution is 2.38. The van der Waals surface area contributed by atoms with Crippen molar-refractivity contribution in [3.8, 4) is 11.5 Å². The molecule has 2 N–H and O–H groups in total. The van der Waals surface area contributed by atoms with E-state index in [1.165, 1.54) is 5.56 Å². The van der Waals surface area contributed by atoms with Gasteiger partial charge in [0.1, 0.15) is 17.2 Å². The molecule has 5 nitrogen and oxygen atoms in total. The zero-order chi connectivity index (χ0) is 21.8. The van der Waals surface area contributed by atoms with Crippen LogP contribution in [0.5, 0.6) is 11.5 Å². The Morgan fingerprint density at radius 3 is 2.45 bits per heavy atom. The van der Waals surface area contributed by atoms with Crippen molar-refractivity contribution in [3.05, 3.63) is 83.6 Å². The quantitative estimate of drug-likeness (QED) is 0.400. The monoisotopic (exact) mass is 432 g/mol. The summed E-state index contributed by atoms with van der Waals surface area (Å²) in [6.07, 6.45) is 0. The SMILES string of the molecule is COc1cccc(CNC(=O)c2[nH]c3cc(OC)ccc3c2Sc2ccc(C)cc2)c1. The molecule has 3 aromatic carbocycles. The second-order valence-electron chi connectivity index (χ2n) is 7.19. The molecule has 0 spiro atoms. The van der Waals surface area contributed by atoms with Crippen molar-refractivity contribution >= 4 is 28.6 Å². The van der Waals surface area contributed by atoms with E-state index in [2.05, 4.69) is 41.5 Å². The normalized spacial score (nSPS) is 10.8. The lowest BCUT2D eigenvalue weighted by Gasteiger charge is -2.08. The largest absolute Gasteiger partial charge is 0.497 e. The van der Waals surface area contributed by atoms with Gasteiger partial charge in [0.25, 0.3) is 5.91 Å². The highest BCUT2D eigenvalue weighted by Gasteiger charge is 2.19. The summed E-state index contributed by atoms with van der Waals surface area (Å²) in [4.78, 5) is 18.4. The minimum Gasteiger partial charge on any atom is -0.497 e. The first-order valence-corrected chi connectivity index (χ1v) is 10.7. The summed E-state index contributed by atoms with van der Waals surface area (Å²) < 4.78 is 10.6. The minimum absolute atomic E-state index is 0.160. The Labute approximate surface area is 185 Å². The third-order valence-corrected chi connectivity index (χ3v) is 6.15. The maximum absolute atomic E-state index is 13.1. The van der Waals surface area contributed by atoms with Crippen molar-refractivity contribution < 1.29 is 14.3 Å². The van der Waals surface area contributed by atoms with Gasteiger partial charge in [-0.05, 0) is 48.9 Å². The van der Waals surface area contributed by atoms with Gasteiger partial charge < -0.3 is 19.8 Å². The smallest absolute Gasteiger partial charge is 0.269 e. The zero-order valence-electron chi connectivity index (χ0n) is 17.7. The zero-order valence-corrected chi connectivity index (χ0v) is 18.5. The molecule has 0 radical (unpaired) electrons. The van der Waals surface area contributed by atoms with Crippen molar-refractivity contribution in [1.29, 1.82) is 0 Å². The number of carbonyl (C=O) groups excluding carboxylic acids is 1. The molecular weight excluding hydrogens is 408 g/mol. The standard InChI is InChI=1S/C25H24N2O3S/c1-16-7-10-20(11-8-16)31-24-21-12-9-19(30-3)14-22(21)27-23(24)25(28)26-15-17-5-4-6-18(13-17)29-2/h4-14,27H,15H2,1-3H3,(H,26,28). The summed E-state index contributed by atoms with van der Waals surface area (Å²) in [6.45, 7) is 2.47. The molecule has 1 amide bonds. The second kappa shape index (κ2) is 9.18. The summed E-state index contributed by atoms with van der Waals surface area (Å²) >= 11 is 1.58. The van der Waals surface area contributed by atoms with Crippen molar-refractivity contribution in [2.45, 2.75) is 23.3 Å². The fourth-order valence-electron chi connectivity index (χ4n) is 3.32. The van der Waals surface area contributed by atoms with E-state index in [9.17, 15) is 4.79 Å². The van der Waals surface area contributed by atoms with Crippen LogP contribution < -0.4 is 14.8 Å². The Hall–Kier alpha value is -3.38. The van der Waals surface area contributed by atoms with E-state index in [0.29, 0.717) is 12.2 Å². The number of aromatic nitrogens is 1. The molecule has 0 saturated carbocycles. The number of carbonyl (C=O) groups is 1. The maximum atomic E-state index is 13.1. The number of aryl methyl sites for hydroxylation is 1. The highest BCUT2D eigenvalue weighted by atomic mass is 32.2. The van der Waals surface area contributed by atoms with Gasteiger partial charge in [0.05, 0.1) is 24.6 Å². The predicted octanol–water partition coefficient (Wildman–Crippen LogP) is 5.57. The number of H-pyrrole nitrogens is 1. The van der Waals surface area contributed by atoms with Crippen LogP contribution in [0.1, 0.15) is 21.6 Å². The molecule has 0 unspecified atom stereocenters. The number of ether oxygens (including phenoxy) is 2. The third kappa shape index (κ3) is 4.70. The Morgan fingerprint density at radius 2 is 1.71 bits per heavy atom. The van der Waals surface area contributed by atoms with Crippen molar-refractivity contribution in [2.75, 3.05) is 14.2 Å². The average Bonchev–Trinajstić information content (AvgIpc) is 3.16. The summed E-state index contributed by atoms with van der Waals surface area (Å²) in [5, 5.41) is 4.01. The van der Waals surface area contributed by atoms with Crippen LogP contribution in [0, 0.1) is 6.92 Å². The number of hydrogen-bond acceptors (Lipinski definition) is 4. The lowest BCUT2D eigenvalue weighted by Crippen LogP contribution is -2.23. The molecule has 4 aromatic rings. The summed E-state index contributed by atoms with van der Waals surface area (Å²) in [5.41, 5.74) is 3.57. The first kappa shape index (κ1) is 20.9. The van der Waals surface area contributed by atoms with E-state index in [-0.39, 0.29) is 5.91 Å². The molecule has 0 saturated heterocycles. The van der Waals surface area contributed by atoms with Gasteiger partial charge in [-0.2, -0.15) is 0 Å². The molecule has 4 rings (SSSR count). The Bertz CT molecular complexity index is 1220. The van der Waals surface area contributed by atoms with E-state index < -0.39 is 0 Å². The molecular formula is C25H24N2O3S. The Morgan fingerprint density at radius 1 is 0.968 bits per heavy atom. The number of benzene rings is 3. The maximum Gasteiger partial charge on any atom is 0.269 e. The fraction of sp³-hybridized carbons (Fsp3) is 0.160. The summed E-state index contributed by atoms with van der Waals surface area (Å²) in [5.74, 6) is 1.34. The molecule has 0 aliphatic rings. The number of rotatable bonds is 7. The lowest BCUT2D eigenvalue weighted by atomic mass is 10.2. The van der Waals surface area contributed by atoms with Gasteiger partial charge >= 0.3 is 0 Å². The first-order chi connectivity index (χ1) is 15.1. The molecule has 0 atom stereocenters. The van der Waals surface area contributed by atoms with Gasteiger partial charge in [-0.15, -0.1) is 0 Å². The fourth-order valence-corrected chi connectivity index (χ4v) is 4.36. The van der Waals surface area contributed by atoms with E-state index in [0.717, 1.165) is 37.8 Å². The molecule has 1 heterocycles. The molecule has 158 valence electrons. The average molecular weight is 433 g/mol. The third-order valence-electron chi connectivity index (χ3n) is 5.01. The van der Waals surface area contributed by atoms with Crippen LogP contribution in [-0.4, -0.2) is 25.1 Å². The Balaban J connectivity index is 1.65. The molecule has 0 fully saturated rings. The van der Waals surface area contributed by atoms with Crippen LogP contribution in [0.2, 0.25) is 0 Å². The predicted molar refractivity (Wildman–Crippen MR) is 124 cm³/mol. The van der Waals surface area contributed by atoms with Gasteiger partial charge in [-0.25, -0.2) is 0 Å². The van der Waals surface area contributed by atoms with E-state index in [1.54, 1.807) is 26.0 Å². The van der Waals surface area contributed by atoms with Gasteiger partial charge in [-0.1, -0.05) is 41.6 Å². The van der Waals surface area contributed by atoms with Gasteiger partial charge in [0.15, 0.2) is 0 Å². The number of amides is 1. The van der Waals surface area contributed by atoms with Crippen molar-refractivity contribution in [3.63, 3.8) is 0 Å². The molecule has 0 bridgehead atoms. The Kier molecular flexibility index (Phi) is 6.18. The number of hydrogen-bond donors (Lipinski definition) is 2. The van der Waals surface area contributed by atoms with Gasteiger partial charge in [-0.3, -0.25) is 4.79 Å². The summed E-state index contributed by atoms with van der Waals surface area (Å²) in [6, 6.07) is 21.8. The van der Waals surface area contributed by atoms with Crippen LogP contribution >= 0.6 is 11.8 Å². The topological polar surface area (TPSA) is 63.3 Å². The molecule has 1 aromatic heterocycles. The first-order valence-electron chi connectivity index (χ1n) is 9.92. The van der Waals surface area contributed by atoms with Crippen LogP contribution in [0.15, 0.2) is 76.5 Å². The number of aromatic amines is 1. The van der Waals surface area contributed by atoms with Crippen LogP contribution in [-0.2, 0) is 6.54 Å². The van der Waals surface area contributed by atoms with Gasteiger partial charge in [0, 0.05) is 22.9 Å². The number of nitrogens with one attached hydrogen (secondary N) is 2. The number of methoxy groups -OCH3 is 2. The number of fused-ring (bicyclic) bond motifs is 1. The highest BCUT2D eigenvalue weighted by molar-refractivity contribution is 7.99. The lowest BCUT2D eigenvalue weighted by molar-refractivity contribution is 0.0944. The molecule has 6 heteroatoms. The summed E-state index contributed by atoms with van der Waals surface area (Å²) in [7, 11) is 3.26. The van der Waals surface area contributed by atoms with Gasteiger partial charge in [0.2, 0.25) is 0 Å². The van der Waals surface area contributed by atoms with Crippen LogP contribution in [0.4, 0.5) is 0 Å². The van der Waals surface area contributed by atoms with Crippen LogP contribution in [0.25, 0.3) is 10.9 Å². The van der Waals surface area contributed by atoms with Crippen molar-refractivity contribution in [2.24, 2.45) is 0 Å². The van der Waals surface area contributed by atoms with E-state index in [1.807, 2.05) is 42.5 Å². The minimum atomic E-state index is -0.160. The molecule has 0 aliphatic carbocycles. The molecule has 31 heavy (non-hydrogen) atoms. The second-order valence-corrected chi connectivity index (χ2v) is 8.27. The molecule has 0 aliphatic heterocycles. The van der Waals surface area contributed by atoms with E-state index in [4.69, 9.17) is 9.47 Å². The van der Waals surface area contributed by atoms with Crippen LogP contribution in [0.3, 0.4) is 0 Å². The van der Waals surface area contributed by atoms with E-state index >= 15 is 0 Å². The van der Waals surface area contributed by atoms with Crippen molar-refractivity contribution in [1.82, 2.24) is 10.3 Å².